The summed E-state index contributed by atoms with van der Waals surface area (Å²) in [5.74, 6) is 0.567. The molecule has 3 heterocycles. The number of nitrogens with zero attached hydrogens (tertiary/aromatic N) is 2. The van der Waals surface area contributed by atoms with Crippen molar-refractivity contribution < 1.29 is 9.21 Å². The largest absolute Gasteiger partial charge is 0.459 e. The van der Waals surface area contributed by atoms with Crippen LogP contribution in [0.2, 0.25) is 0 Å². The summed E-state index contributed by atoms with van der Waals surface area (Å²) >= 11 is 0. The lowest BCUT2D eigenvalue weighted by Gasteiger charge is -2.29. The first kappa shape index (κ1) is 13.6. The van der Waals surface area contributed by atoms with Crippen molar-refractivity contribution in [3.05, 3.63) is 42.0 Å². The highest BCUT2D eigenvalue weighted by atomic mass is 16.3. The Labute approximate surface area is 123 Å². The van der Waals surface area contributed by atoms with Gasteiger partial charge < -0.3 is 20.0 Å². The van der Waals surface area contributed by atoms with Crippen LogP contribution in [0.1, 0.15) is 16.1 Å². The number of carbonyl (C=O) groups excluding carboxylic acids is 1. The van der Waals surface area contributed by atoms with Crippen LogP contribution in [0.3, 0.4) is 0 Å². The van der Waals surface area contributed by atoms with Crippen molar-refractivity contribution in [2.24, 2.45) is 0 Å². The van der Waals surface area contributed by atoms with Crippen LogP contribution in [0.25, 0.3) is 0 Å². The van der Waals surface area contributed by atoms with Gasteiger partial charge in [0.2, 0.25) is 0 Å². The fraction of sp³-hybridized carbons (Fsp3) is 0.333. The Balaban J connectivity index is 1.67. The number of anilines is 2. The van der Waals surface area contributed by atoms with Gasteiger partial charge in [-0.2, -0.15) is 0 Å². The monoisotopic (exact) mass is 286 g/mol. The first-order chi connectivity index (χ1) is 10.2. The van der Waals surface area contributed by atoms with Crippen molar-refractivity contribution in [2.45, 2.75) is 6.92 Å². The molecule has 3 rings (SSSR count). The van der Waals surface area contributed by atoms with Crippen LogP contribution in [0.15, 0.2) is 35.1 Å². The normalized spacial score (nSPS) is 15.0. The average molecular weight is 286 g/mol. The molecule has 0 aromatic carbocycles. The lowest BCUT2D eigenvalue weighted by Crippen LogP contribution is -2.43. The maximum Gasteiger partial charge on any atom is 0.292 e. The lowest BCUT2D eigenvalue weighted by atomic mass is 10.2. The maximum absolute atomic E-state index is 12.0. The fourth-order valence-corrected chi connectivity index (χ4v) is 2.35. The zero-order valence-electron chi connectivity index (χ0n) is 11.9. The van der Waals surface area contributed by atoms with Gasteiger partial charge in [-0.1, -0.05) is 0 Å². The van der Waals surface area contributed by atoms with E-state index in [1.54, 1.807) is 12.3 Å². The van der Waals surface area contributed by atoms with Crippen LogP contribution in [-0.2, 0) is 0 Å². The van der Waals surface area contributed by atoms with E-state index in [1.807, 2.05) is 19.1 Å². The highest BCUT2D eigenvalue weighted by Gasteiger charge is 2.14. The topological polar surface area (TPSA) is 70.4 Å². The van der Waals surface area contributed by atoms with E-state index < -0.39 is 0 Å². The number of furan rings is 1. The molecule has 0 aliphatic carbocycles. The van der Waals surface area contributed by atoms with Crippen LogP contribution in [-0.4, -0.2) is 37.1 Å². The van der Waals surface area contributed by atoms with Gasteiger partial charge >= 0.3 is 0 Å². The molecule has 0 spiro atoms. The molecule has 1 aliphatic rings. The third kappa shape index (κ3) is 3.05. The van der Waals surface area contributed by atoms with E-state index in [0.29, 0.717) is 11.6 Å². The van der Waals surface area contributed by atoms with E-state index >= 15 is 0 Å². The van der Waals surface area contributed by atoms with Crippen molar-refractivity contribution in [3.63, 3.8) is 0 Å². The second kappa shape index (κ2) is 5.97. The molecule has 2 aromatic rings. The van der Waals surface area contributed by atoms with Gasteiger partial charge in [0.15, 0.2) is 5.76 Å². The van der Waals surface area contributed by atoms with Crippen LogP contribution >= 0.6 is 0 Å². The van der Waals surface area contributed by atoms with E-state index in [-0.39, 0.29) is 5.91 Å². The zero-order valence-corrected chi connectivity index (χ0v) is 11.9. The summed E-state index contributed by atoms with van der Waals surface area (Å²) in [5, 5.41) is 6.05. The molecule has 0 radical (unpaired) electrons. The van der Waals surface area contributed by atoms with E-state index in [2.05, 4.69) is 20.5 Å². The first-order valence-electron chi connectivity index (χ1n) is 7.01. The van der Waals surface area contributed by atoms with Crippen LogP contribution in [0, 0.1) is 6.92 Å². The highest BCUT2D eigenvalue weighted by Crippen LogP contribution is 2.17. The number of aromatic nitrogens is 1. The Morgan fingerprint density at radius 2 is 2.14 bits per heavy atom. The molecule has 1 amide bonds. The molecule has 1 saturated heterocycles. The number of carbonyl (C=O) groups is 1. The summed E-state index contributed by atoms with van der Waals surface area (Å²) < 4.78 is 5.16. The molecular formula is C15H18N4O2. The van der Waals surface area contributed by atoms with Gasteiger partial charge in [-0.15, -0.1) is 0 Å². The Morgan fingerprint density at radius 1 is 1.33 bits per heavy atom. The van der Waals surface area contributed by atoms with Gasteiger partial charge in [0, 0.05) is 31.7 Å². The number of amides is 1. The van der Waals surface area contributed by atoms with E-state index in [9.17, 15) is 4.79 Å². The van der Waals surface area contributed by atoms with Crippen molar-refractivity contribution in [1.82, 2.24) is 10.3 Å². The number of rotatable bonds is 3. The summed E-state index contributed by atoms with van der Waals surface area (Å²) in [6.45, 7) is 5.74. The quantitative estimate of drug-likeness (QED) is 0.897. The molecule has 0 unspecified atom stereocenters. The molecular weight excluding hydrogens is 268 g/mol. The van der Waals surface area contributed by atoms with Crippen LogP contribution in [0.5, 0.6) is 0 Å². The van der Waals surface area contributed by atoms with E-state index in [0.717, 1.165) is 37.4 Å². The predicted octanol–water partition coefficient (Wildman–Crippen LogP) is 1.64. The Bertz CT molecular complexity index is 615. The summed E-state index contributed by atoms with van der Waals surface area (Å²) in [5.41, 5.74) is 1.88. The SMILES string of the molecule is Cc1ccoc1C(=O)Nc1ccc(N2CCNCC2)cn1. The zero-order chi connectivity index (χ0) is 14.7. The number of hydrogen-bond acceptors (Lipinski definition) is 5. The highest BCUT2D eigenvalue weighted by molar-refractivity contribution is 6.02. The molecule has 2 aromatic heterocycles. The second-order valence-electron chi connectivity index (χ2n) is 5.03. The minimum Gasteiger partial charge on any atom is -0.459 e. The lowest BCUT2D eigenvalue weighted by molar-refractivity contribution is 0.0995. The maximum atomic E-state index is 12.0. The molecule has 6 nitrogen and oxygen atoms in total. The molecule has 2 N–H and O–H groups in total. The van der Waals surface area contributed by atoms with Crippen molar-refractivity contribution in [1.29, 1.82) is 0 Å². The number of nitrogens with one attached hydrogen (secondary N) is 2. The van der Waals surface area contributed by atoms with Crippen LogP contribution in [0.4, 0.5) is 11.5 Å². The molecule has 0 bridgehead atoms. The standard InChI is InChI=1S/C15H18N4O2/c1-11-4-9-21-14(11)15(20)18-13-3-2-12(10-17-13)19-7-5-16-6-8-19/h2-4,9-10,16H,5-8H2,1H3,(H,17,18,20). The molecule has 110 valence electrons. The summed E-state index contributed by atoms with van der Waals surface area (Å²) in [4.78, 5) is 18.6. The molecule has 6 heteroatoms. The van der Waals surface area contributed by atoms with Crippen molar-refractivity contribution in [3.8, 4) is 0 Å². The van der Waals surface area contributed by atoms with Gasteiger partial charge in [-0.25, -0.2) is 4.98 Å². The molecule has 1 fully saturated rings. The number of pyridine rings is 1. The third-order valence-electron chi connectivity index (χ3n) is 3.54. The molecule has 0 saturated carbocycles. The van der Waals surface area contributed by atoms with E-state index in [4.69, 9.17) is 4.42 Å². The van der Waals surface area contributed by atoms with Gasteiger partial charge in [-0.3, -0.25) is 4.79 Å². The Kier molecular flexibility index (Phi) is 3.87. The van der Waals surface area contributed by atoms with E-state index in [1.165, 1.54) is 6.26 Å². The molecule has 1 aliphatic heterocycles. The number of aryl methyl sites for hydroxylation is 1. The third-order valence-corrected chi connectivity index (χ3v) is 3.54. The average Bonchev–Trinajstić information content (AvgIpc) is 2.95. The number of piperazine rings is 1. The van der Waals surface area contributed by atoms with Gasteiger partial charge in [0.05, 0.1) is 18.1 Å². The smallest absolute Gasteiger partial charge is 0.292 e. The minimum atomic E-state index is -0.278. The van der Waals surface area contributed by atoms with Crippen LogP contribution < -0.4 is 15.5 Å². The Morgan fingerprint density at radius 3 is 2.76 bits per heavy atom. The fourth-order valence-electron chi connectivity index (χ4n) is 2.35. The summed E-state index contributed by atoms with van der Waals surface area (Å²) in [6.07, 6.45) is 3.29. The minimum absolute atomic E-state index is 0.278. The van der Waals surface area contributed by atoms with Gasteiger partial charge in [0.25, 0.3) is 5.91 Å². The van der Waals surface area contributed by atoms with Crippen molar-refractivity contribution >= 4 is 17.4 Å². The predicted molar refractivity (Wildman–Crippen MR) is 80.7 cm³/mol. The van der Waals surface area contributed by atoms with Gasteiger partial charge in [0.1, 0.15) is 5.82 Å². The first-order valence-corrected chi connectivity index (χ1v) is 7.01. The molecule has 21 heavy (non-hydrogen) atoms. The molecule has 0 atom stereocenters. The van der Waals surface area contributed by atoms with Crippen molar-refractivity contribution in [2.75, 3.05) is 36.4 Å². The summed E-state index contributed by atoms with van der Waals surface area (Å²) in [6, 6.07) is 5.55. The van der Waals surface area contributed by atoms with Gasteiger partial charge in [-0.05, 0) is 25.1 Å². The Hall–Kier alpha value is -2.34. The number of hydrogen-bond donors (Lipinski definition) is 2. The summed E-state index contributed by atoms with van der Waals surface area (Å²) in [7, 11) is 0. The second-order valence-corrected chi connectivity index (χ2v) is 5.03.